The van der Waals surface area contributed by atoms with Gasteiger partial charge in [-0.3, -0.25) is 9.78 Å². The number of carbonyl (C=O) groups excluding carboxylic acids is 1. The molecule has 0 atom stereocenters. The van der Waals surface area contributed by atoms with Gasteiger partial charge in [-0.2, -0.15) is 0 Å². The highest BCUT2D eigenvalue weighted by atomic mass is 32.2. The number of rotatable bonds is 5. The maximum Gasteiger partial charge on any atom is 0.275 e. The quantitative estimate of drug-likeness (QED) is 0.624. The summed E-state index contributed by atoms with van der Waals surface area (Å²) >= 11 is 1.08. The van der Waals surface area contributed by atoms with Crippen molar-refractivity contribution in [2.45, 2.75) is 9.79 Å². The van der Waals surface area contributed by atoms with Crippen LogP contribution in [0.4, 0.5) is 0 Å². The first-order valence-electron chi connectivity index (χ1n) is 7.20. The first-order chi connectivity index (χ1) is 12.4. The molecule has 0 aliphatic carbocycles. The van der Waals surface area contributed by atoms with Crippen LogP contribution < -0.4 is 4.72 Å². The minimum atomic E-state index is -4.33. The number of thiophene rings is 1. The molecule has 134 valence electrons. The highest BCUT2D eigenvalue weighted by molar-refractivity contribution is 7.90. The van der Waals surface area contributed by atoms with Crippen molar-refractivity contribution in [2.75, 3.05) is 0 Å². The minimum absolute atomic E-state index is 0.165. The number of pyridine rings is 1. The molecule has 2 heterocycles. The van der Waals surface area contributed by atoms with Gasteiger partial charge in [0.2, 0.25) is 0 Å². The van der Waals surface area contributed by atoms with Crippen molar-refractivity contribution < 1.29 is 21.6 Å². The van der Waals surface area contributed by atoms with Gasteiger partial charge in [0, 0.05) is 6.20 Å². The van der Waals surface area contributed by atoms with Crippen LogP contribution in [0.1, 0.15) is 9.67 Å². The van der Waals surface area contributed by atoms with E-state index in [0.717, 1.165) is 23.5 Å². The second-order valence-corrected chi connectivity index (χ2v) is 8.77. The van der Waals surface area contributed by atoms with Gasteiger partial charge in [-0.15, -0.1) is 11.3 Å². The molecule has 0 aliphatic rings. The molecule has 26 heavy (non-hydrogen) atoms. The number of hydrogen-bond donors (Lipinski definition) is 2. The van der Waals surface area contributed by atoms with Crippen molar-refractivity contribution in [3.8, 4) is 10.6 Å². The molecule has 3 rings (SSSR count). The Kier molecular flexibility index (Phi) is 5.16. The highest BCUT2D eigenvalue weighted by Crippen LogP contribution is 2.26. The lowest BCUT2D eigenvalue weighted by molar-refractivity contribution is 0.0985. The number of hydrogen-bond acceptors (Lipinski definition) is 7. The molecule has 0 bridgehead atoms. The predicted molar refractivity (Wildman–Crippen MR) is 97.2 cm³/mol. The van der Waals surface area contributed by atoms with Gasteiger partial charge in [0.15, 0.2) is 10.7 Å². The van der Waals surface area contributed by atoms with E-state index in [1.54, 1.807) is 30.5 Å². The molecule has 3 aromatic rings. The van der Waals surface area contributed by atoms with Gasteiger partial charge < -0.3 is 0 Å². The van der Waals surface area contributed by atoms with Gasteiger partial charge in [-0.25, -0.2) is 21.6 Å². The third-order valence-electron chi connectivity index (χ3n) is 3.33. The molecule has 2 aromatic heterocycles. The van der Waals surface area contributed by atoms with E-state index in [0.29, 0.717) is 10.6 Å². The molecule has 1 amide bonds. The van der Waals surface area contributed by atoms with Gasteiger partial charge >= 0.3 is 0 Å². The van der Waals surface area contributed by atoms with Crippen LogP contribution in [0.2, 0.25) is 0 Å². The first kappa shape index (κ1) is 18.2. The van der Waals surface area contributed by atoms with E-state index in [2.05, 4.69) is 4.98 Å². The van der Waals surface area contributed by atoms with Crippen molar-refractivity contribution in [3.05, 3.63) is 65.7 Å². The van der Waals surface area contributed by atoms with Gasteiger partial charge in [0.05, 0.1) is 20.3 Å². The summed E-state index contributed by atoms with van der Waals surface area (Å²) in [5.74, 6) is -0.840. The molecular formula is C16H12N2O5S3. The largest absolute Gasteiger partial charge is 0.275 e. The van der Waals surface area contributed by atoms with Crippen molar-refractivity contribution in [3.63, 3.8) is 0 Å². The number of sulfonamides is 1. The molecular weight excluding hydrogens is 396 g/mol. The predicted octanol–water partition coefficient (Wildman–Crippen LogP) is 1.90. The molecule has 0 saturated carbocycles. The number of amides is 1. The third-order valence-corrected chi connectivity index (χ3v) is 6.76. The molecule has 0 radical (unpaired) electrons. The Morgan fingerprint density at radius 2 is 1.73 bits per heavy atom. The molecule has 10 heteroatoms. The van der Waals surface area contributed by atoms with E-state index in [-0.39, 0.29) is 9.77 Å². The van der Waals surface area contributed by atoms with Crippen molar-refractivity contribution in [1.29, 1.82) is 0 Å². The zero-order valence-electron chi connectivity index (χ0n) is 13.0. The summed E-state index contributed by atoms with van der Waals surface area (Å²) in [6.45, 7) is 0. The van der Waals surface area contributed by atoms with E-state index in [4.69, 9.17) is 0 Å². The van der Waals surface area contributed by atoms with Crippen LogP contribution in [-0.4, -0.2) is 27.7 Å². The monoisotopic (exact) mass is 408 g/mol. The molecule has 0 fully saturated rings. The number of benzene rings is 1. The molecule has 7 nitrogen and oxygen atoms in total. The average molecular weight is 408 g/mol. The summed E-state index contributed by atoms with van der Waals surface area (Å²) < 4.78 is 49.2. The second-order valence-electron chi connectivity index (χ2n) is 5.04. The van der Waals surface area contributed by atoms with E-state index in [1.807, 2.05) is 4.72 Å². The number of nitrogens with zero attached hydrogens (tertiary/aromatic N) is 1. The summed E-state index contributed by atoms with van der Waals surface area (Å²) in [6.07, 6.45) is 1.61. The lowest BCUT2D eigenvalue weighted by Crippen LogP contribution is -2.30. The maximum atomic E-state index is 12.4. The number of aromatic nitrogens is 1. The Balaban J connectivity index is 1.88. The molecule has 0 aliphatic heterocycles. The molecule has 0 saturated heterocycles. The smallest absolute Gasteiger partial charge is 0.267 e. The maximum absolute atomic E-state index is 12.4. The lowest BCUT2D eigenvalue weighted by atomic mass is 10.3. The van der Waals surface area contributed by atoms with Crippen LogP contribution in [0.15, 0.2) is 70.6 Å². The van der Waals surface area contributed by atoms with Crippen LogP contribution in [0.25, 0.3) is 10.6 Å². The summed E-state index contributed by atoms with van der Waals surface area (Å²) in [6, 6.07) is 13.6. The fourth-order valence-corrected chi connectivity index (χ4v) is 5.22. The lowest BCUT2D eigenvalue weighted by Gasteiger charge is -2.07. The zero-order valence-corrected chi connectivity index (χ0v) is 15.6. The van der Waals surface area contributed by atoms with Crippen LogP contribution >= 0.6 is 11.3 Å². The molecule has 0 spiro atoms. The van der Waals surface area contributed by atoms with Crippen molar-refractivity contribution in [2.24, 2.45) is 0 Å². The minimum Gasteiger partial charge on any atom is -0.267 e. The Morgan fingerprint density at radius 1 is 1.00 bits per heavy atom. The van der Waals surface area contributed by atoms with E-state index in [1.165, 1.54) is 18.2 Å². The average Bonchev–Trinajstić information content (AvgIpc) is 3.12. The van der Waals surface area contributed by atoms with Crippen LogP contribution in [0, 0.1) is 0 Å². The van der Waals surface area contributed by atoms with E-state index < -0.39 is 31.5 Å². The number of thiol groups is 1. The van der Waals surface area contributed by atoms with Gasteiger partial charge in [-0.1, -0.05) is 18.2 Å². The summed E-state index contributed by atoms with van der Waals surface area (Å²) in [7, 11) is -7.45. The SMILES string of the molecule is O=C(NS(=O)(=O)c1ccccc1[SH](=O)=O)c1ccc(-c2ccccn2)s1. The fourth-order valence-electron chi connectivity index (χ4n) is 2.17. The first-order valence-corrected chi connectivity index (χ1v) is 10.7. The second kappa shape index (κ2) is 7.36. The Morgan fingerprint density at radius 3 is 2.42 bits per heavy atom. The standard InChI is InChI=1S/C16H12N2O5S3/c19-16(13-9-8-12(24-13)11-5-3-4-10-17-11)18-26(22,23)15-7-2-1-6-14(15)25(20)21/h1-10,25H,(H,18,19). The zero-order chi connectivity index (χ0) is 18.7. The van der Waals surface area contributed by atoms with Gasteiger partial charge in [0.25, 0.3) is 15.9 Å². The number of carbonyl (C=O) groups is 1. The summed E-state index contributed by atoms with van der Waals surface area (Å²) in [4.78, 5) is 16.5. The Bertz CT molecular complexity index is 1130. The summed E-state index contributed by atoms with van der Waals surface area (Å²) in [5.41, 5.74) is 0.660. The van der Waals surface area contributed by atoms with Gasteiger partial charge in [-0.05, 0) is 36.4 Å². The Hall–Kier alpha value is -2.56. The third kappa shape index (κ3) is 3.82. The molecule has 1 N–H and O–H groups in total. The van der Waals surface area contributed by atoms with Gasteiger partial charge in [0.1, 0.15) is 4.90 Å². The van der Waals surface area contributed by atoms with Crippen molar-refractivity contribution >= 4 is 38.0 Å². The molecule has 1 aromatic carbocycles. The molecule has 0 unspecified atom stereocenters. The fraction of sp³-hybridized carbons (Fsp3) is 0. The van der Waals surface area contributed by atoms with Crippen LogP contribution in [0.3, 0.4) is 0 Å². The van der Waals surface area contributed by atoms with E-state index >= 15 is 0 Å². The highest BCUT2D eigenvalue weighted by Gasteiger charge is 2.23. The van der Waals surface area contributed by atoms with Crippen LogP contribution in [0.5, 0.6) is 0 Å². The summed E-state index contributed by atoms with van der Waals surface area (Å²) in [5, 5.41) is 0. The number of nitrogens with one attached hydrogen (secondary N) is 1. The van der Waals surface area contributed by atoms with E-state index in [9.17, 15) is 21.6 Å². The Labute approximate surface area is 155 Å². The topological polar surface area (TPSA) is 110 Å². The van der Waals surface area contributed by atoms with Crippen molar-refractivity contribution in [1.82, 2.24) is 9.71 Å². The normalized spacial score (nSPS) is 11.4. The van der Waals surface area contributed by atoms with Crippen LogP contribution in [-0.2, 0) is 20.7 Å².